The van der Waals surface area contributed by atoms with Gasteiger partial charge >= 0.3 is 0 Å². The average Bonchev–Trinajstić information content (AvgIpc) is 2.95. The fourth-order valence-corrected chi connectivity index (χ4v) is 4.97. The van der Waals surface area contributed by atoms with Crippen LogP contribution in [0.4, 0.5) is 15.8 Å². The lowest BCUT2D eigenvalue weighted by Crippen LogP contribution is -2.28. The van der Waals surface area contributed by atoms with Gasteiger partial charge in [-0.25, -0.2) is 12.8 Å². The summed E-state index contributed by atoms with van der Waals surface area (Å²) in [7, 11) is -3.94. The Morgan fingerprint density at radius 3 is 2.76 bits per heavy atom. The number of sulfonamides is 1. The van der Waals surface area contributed by atoms with Crippen molar-refractivity contribution in [3.63, 3.8) is 0 Å². The minimum atomic E-state index is -3.94. The third-order valence-electron chi connectivity index (χ3n) is 4.00. The third-order valence-corrected chi connectivity index (χ3v) is 6.34. The number of rotatable bonds is 4. The van der Waals surface area contributed by atoms with E-state index in [4.69, 9.17) is 0 Å². The van der Waals surface area contributed by atoms with Crippen LogP contribution in [0.1, 0.15) is 18.9 Å². The van der Waals surface area contributed by atoms with Crippen LogP contribution in [0.15, 0.2) is 45.8 Å². The van der Waals surface area contributed by atoms with E-state index in [1.54, 1.807) is 17.9 Å². The van der Waals surface area contributed by atoms with Crippen molar-refractivity contribution in [2.75, 3.05) is 16.2 Å². The van der Waals surface area contributed by atoms with Crippen molar-refractivity contribution in [1.82, 2.24) is 0 Å². The van der Waals surface area contributed by atoms with Gasteiger partial charge in [0.25, 0.3) is 10.0 Å². The lowest BCUT2D eigenvalue weighted by Gasteiger charge is -2.18. The van der Waals surface area contributed by atoms with Gasteiger partial charge in [-0.1, -0.05) is 13.0 Å². The van der Waals surface area contributed by atoms with Gasteiger partial charge in [0, 0.05) is 23.1 Å². The molecule has 0 bridgehead atoms. The van der Waals surface area contributed by atoms with Crippen LogP contribution in [0, 0.1) is 5.82 Å². The highest BCUT2D eigenvalue weighted by molar-refractivity contribution is 9.10. The fourth-order valence-electron chi connectivity index (χ4n) is 2.81. The maximum absolute atomic E-state index is 13.3. The van der Waals surface area contributed by atoms with Crippen LogP contribution < -0.4 is 9.62 Å². The molecule has 0 saturated carbocycles. The van der Waals surface area contributed by atoms with Crippen LogP contribution in [0.25, 0.3) is 0 Å². The average molecular weight is 427 g/mol. The van der Waals surface area contributed by atoms with Gasteiger partial charge < -0.3 is 4.90 Å². The number of anilines is 2. The molecule has 0 aliphatic carbocycles. The predicted molar refractivity (Wildman–Crippen MR) is 97.7 cm³/mol. The first kappa shape index (κ1) is 17.9. The molecule has 2 aromatic carbocycles. The molecule has 1 heterocycles. The molecule has 8 heteroatoms. The molecule has 1 N–H and O–H groups in total. The zero-order valence-corrected chi connectivity index (χ0v) is 15.8. The van der Waals surface area contributed by atoms with Crippen LogP contribution in [0.3, 0.4) is 0 Å². The van der Waals surface area contributed by atoms with Crippen molar-refractivity contribution in [2.24, 2.45) is 0 Å². The van der Waals surface area contributed by atoms with Crippen molar-refractivity contribution in [1.29, 1.82) is 0 Å². The molecule has 5 nitrogen and oxygen atoms in total. The molecule has 1 aliphatic heterocycles. The Balaban J connectivity index is 2.01. The Morgan fingerprint density at radius 1 is 1.32 bits per heavy atom. The highest BCUT2D eigenvalue weighted by Crippen LogP contribution is 2.36. The second-order valence-corrected chi connectivity index (χ2v) is 8.18. The number of fused-ring (bicyclic) bond motifs is 1. The van der Waals surface area contributed by atoms with Crippen molar-refractivity contribution in [2.45, 2.75) is 24.7 Å². The number of benzene rings is 2. The fraction of sp³-hybridized carbons (Fsp3) is 0.235. The number of hydrogen-bond donors (Lipinski definition) is 1. The summed E-state index contributed by atoms with van der Waals surface area (Å²) in [5, 5.41) is 0. The predicted octanol–water partition coefficient (Wildman–Crippen LogP) is 3.69. The van der Waals surface area contributed by atoms with E-state index in [-0.39, 0.29) is 16.5 Å². The number of amides is 1. The number of carbonyl (C=O) groups is 1. The normalized spacial score (nSPS) is 13.6. The topological polar surface area (TPSA) is 66.5 Å². The molecule has 1 aliphatic rings. The van der Waals surface area contributed by atoms with E-state index in [9.17, 15) is 17.6 Å². The number of carbonyl (C=O) groups excluding carboxylic acids is 1. The zero-order valence-electron chi connectivity index (χ0n) is 13.4. The summed E-state index contributed by atoms with van der Waals surface area (Å²) < 4.78 is 41.5. The maximum atomic E-state index is 13.3. The highest BCUT2D eigenvalue weighted by Gasteiger charge is 2.28. The van der Waals surface area contributed by atoms with Crippen molar-refractivity contribution < 1.29 is 17.6 Å². The van der Waals surface area contributed by atoms with E-state index >= 15 is 0 Å². The minimum absolute atomic E-state index is 0.00585. The van der Waals surface area contributed by atoms with Crippen molar-refractivity contribution in [3.8, 4) is 0 Å². The summed E-state index contributed by atoms with van der Waals surface area (Å²) in [5.74, 6) is -0.588. The molecule has 0 radical (unpaired) electrons. The van der Waals surface area contributed by atoms with E-state index in [2.05, 4.69) is 20.7 Å². The van der Waals surface area contributed by atoms with E-state index in [0.717, 1.165) is 11.6 Å². The molecular formula is C17H16BrFN2O3S. The van der Waals surface area contributed by atoms with Gasteiger partial charge in [0.15, 0.2) is 0 Å². The SMILES string of the molecule is CCC(=O)N1CCc2cc(Br)c(S(=O)(=O)Nc3cccc(F)c3)cc21. The number of hydrogen-bond acceptors (Lipinski definition) is 3. The lowest BCUT2D eigenvalue weighted by atomic mass is 10.2. The first-order valence-electron chi connectivity index (χ1n) is 7.73. The Morgan fingerprint density at radius 2 is 2.08 bits per heavy atom. The second kappa shape index (κ2) is 6.76. The zero-order chi connectivity index (χ0) is 18.2. The quantitative estimate of drug-likeness (QED) is 0.810. The summed E-state index contributed by atoms with van der Waals surface area (Å²) in [6.45, 7) is 2.30. The summed E-state index contributed by atoms with van der Waals surface area (Å²) in [6.07, 6.45) is 1.02. The summed E-state index contributed by atoms with van der Waals surface area (Å²) in [4.78, 5) is 13.7. The third kappa shape index (κ3) is 3.55. The van der Waals surface area contributed by atoms with Crippen LogP contribution in [-0.2, 0) is 21.2 Å². The van der Waals surface area contributed by atoms with Gasteiger partial charge in [-0.2, -0.15) is 0 Å². The van der Waals surface area contributed by atoms with Crippen molar-refractivity contribution in [3.05, 3.63) is 52.3 Å². The maximum Gasteiger partial charge on any atom is 0.263 e. The van der Waals surface area contributed by atoms with E-state index in [1.807, 2.05) is 0 Å². The van der Waals surface area contributed by atoms with Gasteiger partial charge in [0.1, 0.15) is 10.7 Å². The number of nitrogens with zero attached hydrogens (tertiary/aromatic N) is 1. The summed E-state index contributed by atoms with van der Waals surface area (Å²) in [6, 6.07) is 8.44. The van der Waals surface area contributed by atoms with Gasteiger partial charge in [-0.3, -0.25) is 9.52 Å². The van der Waals surface area contributed by atoms with Crippen LogP contribution in [-0.4, -0.2) is 20.9 Å². The van der Waals surface area contributed by atoms with Crippen molar-refractivity contribution >= 4 is 43.2 Å². The van der Waals surface area contributed by atoms with Crippen LogP contribution >= 0.6 is 15.9 Å². The Labute approximate surface area is 154 Å². The Bertz CT molecular complexity index is 947. The van der Waals surface area contributed by atoms with E-state index in [1.165, 1.54) is 24.3 Å². The molecule has 2 aromatic rings. The van der Waals surface area contributed by atoms with E-state index < -0.39 is 15.8 Å². The van der Waals surface area contributed by atoms with Gasteiger partial charge in [0.2, 0.25) is 5.91 Å². The number of nitrogens with one attached hydrogen (secondary N) is 1. The molecule has 3 rings (SSSR count). The van der Waals surface area contributed by atoms with Gasteiger partial charge in [0.05, 0.1) is 5.69 Å². The first-order chi connectivity index (χ1) is 11.8. The Kier molecular flexibility index (Phi) is 4.83. The van der Waals surface area contributed by atoms with Crippen LogP contribution in [0.2, 0.25) is 0 Å². The Hall–Kier alpha value is -1.93. The molecule has 0 aromatic heterocycles. The monoisotopic (exact) mass is 426 g/mol. The molecule has 0 saturated heterocycles. The molecule has 0 fully saturated rings. The van der Waals surface area contributed by atoms with Gasteiger partial charge in [-0.05, 0) is 58.2 Å². The summed E-state index contributed by atoms with van der Waals surface area (Å²) in [5.41, 5.74) is 1.65. The second-order valence-electron chi connectivity index (χ2n) is 5.68. The van der Waals surface area contributed by atoms with Crippen LogP contribution in [0.5, 0.6) is 0 Å². The minimum Gasteiger partial charge on any atom is -0.312 e. The molecule has 0 unspecified atom stereocenters. The van der Waals surface area contributed by atoms with E-state index in [0.29, 0.717) is 29.5 Å². The molecular weight excluding hydrogens is 411 g/mol. The summed E-state index contributed by atoms with van der Waals surface area (Å²) >= 11 is 3.29. The standard InChI is InChI=1S/C17H16BrFN2O3S/c1-2-17(22)21-7-6-11-8-14(18)16(10-15(11)21)25(23,24)20-13-5-3-4-12(19)9-13/h3-5,8-10,20H,2,6-7H2,1H3. The lowest BCUT2D eigenvalue weighted by molar-refractivity contribution is -0.118. The first-order valence-corrected chi connectivity index (χ1v) is 10.0. The number of halogens is 2. The molecule has 132 valence electrons. The molecule has 25 heavy (non-hydrogen) atoms. The largest absolute Gasteiger partial charge is 0.312 e. The molecule has 1 amide bonds. The highest BCUT2D eigenvalue weighted by atomic mass is 79.9. The molecule has 0 spiro atoms. The van der Waals surface area contributed by atoms with Gasteiger partial charge in [-0.15, -0.1) is 0 Å². The smallest absolute Gasteiger partial charge is 0.263 e. The molecule has 0 atom stereocenters.